The van der Waals surface area contributed by atoms with Gasteiger partial charge in [-0.3, -0.25) is 0 Å². The van der Waals surface area contributed by atoms with Gasteiger partial charge >= 0.3 is 0 Å². The normalized spacial score (nSPS) is 12.2. The monoisotopic (exact) mass is 303 g/mol. The fourth-order valence-electron chi connectivity index (χ4n) is 2.34. The van der Waals surface area contributed by atoms with E-state index >= 15 is 0 Å². The van der Waals surface area contributed by atoms with E-state index < -0.39 is 0 Å². The molecule has 0 spiro atoms. The van der Waals surface area contributed by atoms with Crippen molar-refractivity contribution in [2.24, 2.45) is 5.73 Å². The van der Waals surface area contributed by atoms with Crippen LogP contribution >= 0.6 is 11.6 Å². The Kier molecular flexibility index (Phi) is 5.66. The van der Waals surface area contributed by atoms with Crippen LogP contribution in [0.1, 0.15) is 37.3 Å². The second kappa shape index (κ2) is 7.48. The Bertz CT molecular complexity index is 598. The molecular weight excluding hydrogens is 282 g/mol. The third-order valence-electron chi connectivity index (χ3n) is 3.75. The van der Waals surface area contributed by atoms with Gasteiger partial charge in [0.05, 0.1) is 0 Å². The Morgan fingerprint density at radius 3 is 2.52 bits per heavy atom. The molecule has 0 bridgehead atoms. The van der Waals surface area contributed by atoms with Crippen molar-refractivity contribution >= 4 is 11.6 Å². The second-order valence-corrected chi connectivity index (χ2v) is 5.61. The van der Waals surface area contributed by atoms with Gasteiger partial charge in [0.15, 0.2) is 0 Å². The van der Waals surface area contributed by atoms with Gasteiger partial charge < -0.3 is 10.5 Å². The fourth-order valence-corrected chi connectivity index (χ4v) is 2.60. The lowest BCUT2D eigenvalue weighted by Gasteiger charge is -2.17. The number of para-hydroxylation sites is 1. The topological polar surface area (TPSA) is 35.2 Å². The number of rotatable bonds is 6. The summed E-state index contributed by atoms with van der Waals surface area (Å²) in [6.07, 6.45) is 1.78. The summed E-state index contributed by atoms with van der Waals surface area (Å²) in [6.45, 7) is 4.94. The number of benzene rings is 2. The first-order valence-corrected chi connectivity index (χ1v) is 7.79. The summed E-state index contributed by atoms with van der Waals surface area (Å²) in [5, 5.41) is 0.707. The standard InChI is InChI=1S/C18H22ClNO/c1-3-13(2)14-7-4-5-9-17(14)21-18-10-6-8-16(19)15(18)11-12-20/h4-10,13H,3,11-12,20H2,1-2H3. The molecule has 2 nitrogen and oxygen atoms in total. The van der Waals surface area contributed by atoms with E-state index in [-0.39, 0.29) is 0 Å². The molecular formula is C18H22ClNO. The Morgan fingerprint density at radius 2 is 1.81 bits per heavy atom. The summed E-state index contributed by atoms with van der Waals surface area (Å²) >= 11 is 6.27. The summed E-state index contributed by atoms with van der Waals surface area (Å²) in [5.41, 5.74) is 7.87. The highest BCUT2D eigenvalue weighted by atomic mass is 35.5. The van der Waals surface area contributed by atoms with E-state index in [2.05, 4.69) is 19.9 Å². The lowest BCUT2D eigenvalue weighted by Crippen LogP contribution is -2.05. The number of halogens is 1. The minimum absolute atomic E-state index is 0.457. The van der Waals surface area contributed by atoms with Crippen LogP contribution in [0.3, 0.4) is 0 Å². The third-order valence-corrected chi connectivity index (χ3v) is 4.11. The molecule has 2 aromatic rings. The molecule has 0 aliphatic carbocycles. The fraction of sp³-hybridized carbons (Fsp3) is 0.333. The van der Waals surface area contributed by atoms with Crippen LogP contribution in [0, 0.1) is 0 Å². The zero-order valence-corrected chi connectivity index (χ0v) is 13.4. The Labute approximate surface area is 131 Å². The molecule has 0 aromatic heterocycles. The van der Waals surface area contributed by atoms with Gasteiger partial charge in [0.2, 0.25) is 0 Å². The molecule has 0 aliphatic rings. The van der Waals surface area contributed by atoms with Crippen molar-refractivity contribution in [1.82, 2.24) is 0 Å². The Hall–Kier alpha value is -1.51. The molecule has 0 saturated heterocycles. The van der Waals surface area contributed by atoms with Crippen molar-refractivity contribution in [2.45, 2.75) is 32.6 Å². The molecule has 21 heavy (non-hydrogen) atoms. The number of nitrogens with two attached hydrogens (primary N) is 1. The molecule has 0 saturated carbocycles. The van der Waals surface area contributed by atoms with Gasteiger partial charge in [-0.15, -0.1) is 0 Å². The van der Waals surface area contributed by atoms with Crippen LogP contribution < -0.4 is 10.5 Å². The molecule has 3 heteroatoms. The summed E-state index contributed by atoms with van der Waals surface area (Å²) in [7, 11) is 0. The number of hydrogen-bond acceptors (Lipinski definition) is 2. The van der Waals surface area contributed by atoms with Crippen LogP contribution in [-0.2, 0) is 6.42 Å². The van der Waals surface area contributed by atoms with E-state index in [4.69, 9.17) is 22.1 Å². The van der Waals surface area contributed by atoms with Crippen molar-refractivity contribution in [3.63, 3.8) is 0 Å². The minimum Gasteiger partial charge on any atom is -0.457 e. The smallest absolute Gasteiger partial charge is 0.132 e. The number of hydrogen-bond donors (Lipinski definition) is 1. The SMILES string of the molecule is CCC(C)c1ccccc1Oc1cccc(Cl)c1CCN. The van der Waals surface area contributed by atoms with Gasteiger partial charge in [0, 0.05) is 10.6 Å². The van der Waals surface area contributed by atoms with E-state index in [9.17, 15) is 0 Å². The van der Waals surface area contributed by atoms with Crippen molar-refractivity contribution in [3.8, 4) is 11.5 Å². The highest BCUT2D eigenvalue weighted by molar-refractivity contribution is 6.31. The molecule has 0 amide bonds. The molecule has 112 valence electrons. The van der Waals surface area contributed by atoms with E-state index in [1.807, 2.05) is 36.4 Å². The van der Waals surface area contributed by atoms with Crippen LogP contribution in [-0.4, -0.2) is 6.54 Å². The lowest BCUT2D eigenvalue weighted by molar-refractivity contribution is 0.464. The molecule has 0 radical (unpaired) electrons. The third kappa shape index (κ3) is 3.78. The molecule has 0 fully saturated rings. The Balaban J connectivity index is 2.37. The zero-order valence-electron chi connectivity index (χ0n) is 12.6. The van der Waals surface area contributed by atoms with Gasteiger partial charge in [0.1, 0.15) is 11.5 Å². The quantitative estimate of drug-likeness (QED) is 0.801. The first kappa shape index (κ1) is 15.9. The highest BCUT2D eigenvalue weighted by Gasteiger charge is 2.13. The average molecular weight is 304 g/mol. The van der Waals surface area contributed by atoms with E-state index in [0.29, 0.717) is 23.9 Å². The molecule has 2 aromatic carbocycles. The summed E-state index contributed by atoms with van der Waals surface area (Å²) in [4.78, 5) is 0. The largest absolute Gasteiger partial charge is 0.457 e. The lowest BCUT2D eigenvalue weighted by atomic mass is 9.98. The van der Waals surface area contributed by atoms with Crippen molar-refractivity contribution in [3.05, 3.63) is 58.6 Å². The summed E-state index contributed by atoms with van der Waals surface area (Å²) in [5.74, 6) is 2.15. The van der Waals surface area contributed by atoms with Crippen molar-refractivity contribution in [1.29, 1.82) is 0 Å². The maximum Gasteiger partial charge on any atom is 0.132 e. The molecule has 2 N–H and O–H groups in total. The van der Waals surface area contributed by atoms with Gasteiger partial charge in [-0.2, -0.15) is 0 Å². The second-order valence-electron chi connectivity index (χ2n) is 5.20. The predicted molar refractivity (Wildman–Crippen MR) is 89.4 cm³/mol. The van der Waals surface area contributed by atoms with Crippen LogP contribution in [0.15, 0.2) is 42.5 Å². The molecule has 0 aliphatic heterocycles. The summed E-state index contributed by atoms with van der Waals surface area (Å²) in [6, 6.07) is 13.9. The highest BCUT2D eigenvalue weighted by Crippen LogP contribution is 2.35. The van der Waals surface area contributed by atoms with Crippen molar-refractivity contribution < 1.29 is 4.74 Å². The first-order valence-electron chi connectivity index (χ1n) is 7.41. The molecule has 0 heterocycles. The van der Waals surface area contributed by atoms with Gasteiger partial charge in [-0.25, -0.2) is 0 Å². The van der Waals surface area contributed by atoms with Gasteiger partial charge in [0.25, 0.3) is 0 Å². The minimum atomic E-state index is 0.457. The molecule has 1 unspecified atom stereocenters. The number of ether oxygens (including phenoxy) is 1. The maximum absolute atomic E-state index is 6.27. The zero-order chi connectivity index (χ0) is 15.2. The van der Waals surface area contributed by atoms with Crippen LogP contribution in [0.4, 0.5) is 0 Å². The van der Waals surface area contributed by atoms with Crippen LogP contribution in [0.5, 0.6) is 11.5 Å². The van der Waals surface area contributed by atoms with E-state index in [0.717, 1.165) is 23.5 Å². The van der Waals surface area contributed by atoms with Crippen LogP contribution in [0.25, 0.3) is 0 Å². The van der Waals surface area contributed by atoms with Crippen molar-refractivity contribution in [2.75, 3.05) is 6.54 Å². The molecule has 1 atom stereocenters. The average Bonchev–Trinajstić information content (AvgIpc) is 2.50. The van der Waals surface area contributed by atoms with Gasteiger partial charge in [-0.1, -0.05) is 49.7 Å². The van der Waals surface area contributed by atoms with E-state index in [1.54, 1.807) is 0 Å². The van der Waals surface area contributed by atoms with Crippen LogP contribution in [0.2, 0.25) is 5.02 Å². The van der Waals surface area contributed by atoms with Gasteiger partial charge in [-0.05, 0) is 49.1 Å². The first-order chi connectivity index (χ1) is 10.2. The summed E-state index contributed by atoms with van der Waals surface area (Å²) < 4.78 is 6.16. The maximum atomic E-state index is 6.27. The van der Waals surface area contributed by atoms with E-state index in [1.165, 1.54) is 5.56 Å². The Morgan fingerprint density at radius 1 is 1.10 bits per heavy atom. The molecule has 2 rings (SSSR count). The predicted octanol–water partition coefficient (Wildman–Crippen LogP) is 5.15.